The second-order valence-corrected chi connectivity index (χ2v) is 8.22. The van der Waals surface area contributed by atoms with Crippen LogP contribution in [0, 0.1) is 0 Å². The molecule has 2 amide bonds. The third kappa shape index (κ3) is 7.13. The fourth-order valence-electron chi connectivity index (χ4n) is 3.65. The van der Waals surface area contributed by atoms with Crippen LogP contribution in [0.1, 0.15) is 21.6 Å². The number of hydrogen-bond donors (Lipinski definition) is 4. The summed E-state index contributed by atoms with van der Waals surface area (Å²) in [6.45, 7) is -0.0512. The first kappa shape index (κ1) is 26.7. The van der Waals surface area contributed by atoms with Gasteiger partial charge >= 0.3 is 0 Å². The molecule has 200 valence electrons. The number of hydrazone groups is 2. The van der Waals surface area contributed by atoms with E-state index in [1.165, 1.54) is 19.5 Å². The van der Waals surface area contributed by atoms with Crippen LogP contribution in [-0.4, -0.2) is 57.1 Å². The van der Waals surface area contributed by atoms with Crippen molar-refractivity contribution in [1.82, 2.24) is 15.8 Å². The SMILES string of the molecule is COc1cccc(C=NNC(=O)CNc2cc3[nH]c(C(=O)NN=Cc4cccc(OC)c4)cc3cc2OC)c1. The Bertz CT molecular complexity index is 1530. The maximum atomic E-state index is 12.6. The highest BCUT2D eigenvalue weighted by atomic mass is 16.5. The lowest BCUT2D eigenvalue weighted by molar-refractivity contribution is -0.119. The summed E-state index contributed by atoms with van der Waals surface area (Å²) >= 11 is 0. The molecule has 4 rings (SSSR count). The molecule has 0 spiro atoms. The Kier molecular flexibility index (Phi) is 8.75. The summed E-state index contributed by atoms with van der Waals surface area (Å²) in [5, 5.41) is 11.8. The summed E-state index contributed by atoms with van der Waals surface area (Å²) in [5.41, 5.74) is 8.11. The van der Waals surface area contributed by atoms with Crippen molar-refractivity contribution in [3.05, 3.63) is 83.6 Å². The van der Waals surface area contributed by atoms with Crippen molar-refractivity contribution in [2.75, 3.05) is 33.2 Å². The van der Waals surface area contributed by atoms with E-state index in [0.29, 0.717) is 34.1 Å². The molecule has 3 aromatic carbocycles. The summed E-state index contributed by atoms with van der Waals surface area (Å²) in [4.78, 5) is 28.0. The van der Waals surface area contributed by atoms with Crippen molar-refractivity contribution >= 4 is 40.8 Å². The van der Waals surface area contributed by atoms with Gasteiger partial charge in [-0.3, -0.25) is 9.59 Å². The first-order chi connectivity index (χ1) is 19.0. The summed E-state index contributed by atoms with van der Waals surface area (Å²) in [7, 11) is 4.69. The highest BCUT2D eigenvalue weighted by Gasteiger charge is 2.13. The smallest absolute Gasteiger partial charge is 0.287 e. The molecule has 11 nitrogen and oxygen atoms in total. The van der Waals surface area contributed by atoms with E-state index in [0.717, 1.165) is 16.5 Å². The number of amides is 2. The first-order valence-electron chi connectivity index (χ1n) is 11.9. The quantitative estimate of drug-likeness (QED) is 0.174. The number of hydrogen-bond acceptors (Lipinski definition) is 8. The number of carbonyl (C=O) groups is 2. The van der Waals surface area contributed by atoms with E-state index >= 15 is 0 Å². The third-order valence-electron chi connectivity index (χ3n) is 5.60. The van der Waals surface area contributed by atoms with Gasteiger partial charge in [0.2, 0.25) is 0 Å². The van der Waals surface area contributed by atoms with Crippen LogP contribution in [-0.2, 0) is 4.79 Å². The molecule has 0 saturated carbocycles. The summed E-state index contributed by atoms with van der Waals surface area (Å²) in [6.07, 6.45) is 3.05. The normalized spacial score (nSPS) is 11.1. The molecule has 11 heteroatoms. The predicted molar refractivity (Wildman–Crippen MR) is 150 cm³/mol. The van der Waals surface area contributed by atoms with Crippen molar-refractivity contribution in [2.24, 2.45) is 10.2 Å². The molecule has 0 saturated heterocycles. The van der Waals surface area contributed by atoms with Crippen molar-refractivity contribution in [1.29, 1.82) is 0 Å². The van der Waals surface area contributed by atoms with Gasteiger partial charge in [0.25, 0.3) is 11.8 Å². The minimum Gasteiger partial charge on any atom is -0.497 e. The van der Waals surface area contributed by atoms with Crippen molar-refractivity contribution in [3.8, 4) is 17.2 Å². The van der Waals surface area contributed by atoms with Gasteiger partial charge in [0, 0.05) is 10.9 Å². The molecule has 1 heterocycles. The molecule has 0 aliphatic heterocycles. The van der Waals surface area contributed by atoms with Gasteiger partial charge in [-0.15, -0.1) is 0 Å². The highest BCUT2D eigenvalue weighted by Crippen LogP contribution is 2.30. The molecule has 0 fully saturated rings. The van der Waals surface area contributed by atoms with Crippen LogP contribution in [0.4, 0.5) is 5.69 Å². The zero-order valence-corrected chi connectivity index (χ0v) is 21.6. The second-order valence-electron chi connectivity index (χ2n) is 8.22. The van der Waals surface area contributed by atoms with E-state index in [2.05, 4.69) is 31.4 Å². The Morgan fingerprint density at radius 1 is 0.821 bits per heavy atom. The zero-order chi connectivity index (χ0) is 27.6. The van der Waals surface area contributed by atoms with Crippen LogP contribution < -0.4 is 30.4 Å². The monoisotopic (exact) mass is 528 g/mol. The number of rotatable bonds is 11. The minimum atomic E-state index is -0.410. The molecule has 4 aromatic rings. The average Bonchev–Trinajstić information content (AvgIpc) is 3.39. The zero-order valence-electron chi connectivity index (χ0n) is 21.6. The molecule has 0 aliphatic rings. The fraction of sp³-hybridized carbons (Fsp3) is 0.143. The number of aromatic nitrogens is 1. The molecule has 1 aromatic heterocycles. The lowest BCUT2D eigenvalue weighted by Gasteiger charge is -2.10. The number of ether oxygens (including phenoxy) is 3. The molecule has 0 aliphatic carbocycles. The fourth-order valence-corrected chi connectivity index (χ4v) is 3.65. The largest absolute Gasteiger partial charge is 0.497 e. The standard InChI is InChI=1S/C28H28N6O5/c1-37-21-8-4-6-18(10-21)15-30-33-27(35)17-29-24-14-23-20(13-26(24)39-3)12-25(32-23)28(36)34-31-16-19-7-5-9-22(11-19)38-2/h4-16,29,32H,17H2,1-3H3,(H,33,35)(H,34,36). The highest BCUT2D eigenvalue weighted by molar-refractivity contribution is 6.00. The van der Waals surface area contributed by atoms with E-state index in [-0.39, 0.29) is 12.5 Å². The van der Waals surface area contributed by atoms with Crippen molar-refractivity contribution in [3.63, 3.8) is 0 Å². The van der Waals surface area contributed by atoms with Crippen LogP contribution in [0.3, 0.4) is 0 Å². The van der Waals surface area contributed by atoms with Crippen LogP contribution in [0.15, 0.2) is 76.9 Å². The number of nitrogens with one attached hydrogen (secondary N) is 4. The maximum absolute atomic E-state index is 12.6. The molecule has 0 unspecified atom stereocenters. The molecular formula is C28H28N6O5. The van der Waals surface area contributed by atoms with Gasteiger partial charge in [-0.2, -0.15) is 10.2 Å². The van der Waals surface area contributed by atoms with E-state index in [9.17, 15) is 9.59 Å². The topological polar surface area (TPSA) is 138 Å². The Morgan fingerprint density at radius 2 is 1.46 bits per heavy atom. The summed E-state index contributed by atoms with van der Waals surface area (Å²) in [5.74, 6) is 1.14. The lowest BCUT2D eigenvalue weighted by Crippen LogP contribution is -2.26. The van der Waals surface area contributed by atoms with Gasteiger partial charge in [-0.05, 0) is 53.6 Å². The van der Waals surface area contributed by atoms with Crippen molar-refractivity contribution < 1.29 is 23.8 Å². The number of H-pyrrole nitrogens is 1. The van der Waals surface area contributed by atoms with Gasteiger partial charge in [-0.1, -0.05) is 24.3 Å². The third-order valence-corrected chi connectivity index (χ3v) is 5.60. The number of anilines is 1. The number of nitrogens with zero attached hydrogens (tertiary/aromatic N) is 2. The van der Waals surface area contributed by atoms with Gasteiger partial charge < -0.3 is 24.5 Å². The number of aromatic amines is 1. The van der Waals surface area contributed by atoms with Gasteiger partial charge in [-0.25, -0.2) is 10.9 Å². The van der Waals surface area contributed by atoms with Crippen LogP contribution in [0.2, 0.25) is 0 Å². The number of carbonyl (C=O) groups excluding carboxylic acids is 2. The predicted octanol–water partition coefficient (Wildman–Crippen LogP) is 3.52. The Morgan fingerprint density at radius 3 is 2.08 bits per heavy atom. The Balaban J connectivity index is 1.37. The molecule has 0 radical (unpaired) electrons. The first-order valence-corrected chi connectivity index (χ1v) is 11.9. The molecule has 0 bridgehead atoms. The molecule has 0 atom stereocenters. The second kappa shape index (κ2) is 12.8. The maximum Gasteiger partial charge on any atom is 0.287 e. The summed E-state index contributed by atoms with van der Waals surface area (Å²) < 4.78 is 15.8. The van der Waals surface area contributed by atoms with Crippen LogP contribution >= 0.6 is 0 Å². The van der Waals surface area contributed by atoms with Crippen LogP contribution in [0.5, 0.6) is 17.2 Å². The van der Waals surface area contributed by atoms with Gasteiger partial charge in [0.15, 0.2) is 0 Å². The molecular weight excluding hydrogens is 500 g/mol. The van der Waals surface area contributed by atoms with E-state index in [1.54, 1.807) is 44.6 Å². The Labute approximate surface area is 224 Å². The van der Waals surface area contributed by atoms with E-state index < -0.39 is 5.91 Å². The van der Waals surface area contributed by atoms with Crippen molar-refractivity contribution in [2.45, 2.75) is 0 Å². The minimum absolute atomic E-state index is 0.0512. The Hall–Kier alpha value is -5.32. The van der Waals surface area contributed by atoms with E-state index in [1.807, 2.05) is 36.4 Å². The lowest BCUT2D eigenvalue weighted by atomic mass is 10.2. The van der Waals surface area contributed by atoms with Gasteiger partial charge in [0.05, 0.1) is 46.0 Å². The molecule has 39 heavy (non-hydrogen) atoms. The van der Waals surface area contributed by atoms with Gasteiger partial charge in [0.1, 0.15) is 22.9 Å². The van der Waals surface area contributed by atoms with Crippen LogP contribution in [0.25, 0.3) is 10.9 Å². The number of fused-ring (bicyclic) bond motifs is 1. The molecule has 4 N–H and O–H groups in total. The average molecular weight is 529 g/mol. The number of methoxy groups -OCH3 is 3. The van der Waals surface area contributed by atoms with E-state index in [4.69, 9.17) is 14.2 Å². The number of benzene rings is 3. The summed E-state index contributed by atoms with van der Waals surface area (Å²) in [6, 6.07) is 19.8.